The van der Waals surface area contributed by atoms with Crippen LogP contribution in [0.4, 0.5) is 0 Å². The van der Waals surface area contributed by atoms with Crippen molar-refractivity contribution >= 4 is 11.9 Å². The lowest BCUT2D eigenvalue weighted by Gasteiger charge is -2.20. The molecular formula is C26H36O5. The summed E-state index contributed by atoms with van der Waals surface area (Å²) in [5.41, 5.74) is 4.46. The summed E-state index contributed by atoms with van der Waals surface area (Å²) >= 11 is 0. The molecule has 2 rings (SSSR count). The van der Waals surface area contributed by atoms with Gasteiger partial charge in [0.1, 0.15) is 19.0 Å². The average Bonchev–Trinajstić information content (AvgIpc) is 3.16. The molecule has 1 unspecified atom stereocenters. The number of fused-ring (bicyclic) bond motifs is 2. The van der Waals surface area contributed by atoms with E-state index >= 15 is 0 Å². The van der Waals surface area contributed by atoms with Crippen molar-refractivity contribution in [1.82, 2.24) is 0 Å². The van der Waals surface area contributed by atoms with E-state index < -0.39 is 0 Å². The summed E-state index contributed by atoms with van der Waals surface area (Å²) in [7, 11) is 0. The Morgan fingerprint density at radius 1 is 1.23 bits per heavy atom. The molecule has 5 nitrogen and oxygen atoms in total. The molecule has 0 N–H and O–H groups in total. The maximum absolute atomic E-state index is 11.9. The third-order valence-electron chi connectivity index (χ3n) is 5.50. The molecule has 0 radical (unpaired) electrons. The van der Waals surface area contributed by atoms with Crippen LogP contribution in [-0.4, -0.2) is 25.2 Å². The Bertz CT molecular complexity index is 812. The van der Waals surface area contributed by atoms with Crippen molar-refractivity contribution in [2.45, 2.75) is 72.1 Å². The summed E-state index contributed by atoms with van der Waals surface area (Å²) in [5, 5.41) is 0. The van der Waals surface area contributed by atoms with Gasteiger partial charge in [0, 0.05) is 19.8 Å². The standard InChI is InChI=1S/C26H36O5/c1-5-7-26(28)31-17-22-8-6-9-23-15-25(30-18-23)14-19(2)10-12-24(13-11-22)20(3)16-29-21(4)27/h8,10,15,18,24H,3,5-7,9,11-14,16-17H2,1-2,4H3. The van der Waals surface area contributed by atoms with Gasteiger partial charge >= 0.3 is 11.9 Å². The maximum Gasteiger partial charge on any atom is 0.306 e. The number of allylic oxidation sites excluding steroid dienone is 3. The summed E-state index contributed by atoms with van der Waals surface area (Å²) in [6.45, 7) is 10.2. The molecule has 0 aliphatic heterocycles. The first kappa shape index (κ1) is 24.7. The lowest BCUT2D eigenvalue weighted by atomic mass is 9.89. The van der Waals surface area contributed by atoms with Gasteiger partial charge in [-0.15, -0.1) is 0 Å². The summed E-state index contributed by atoms with van der Waals surface area (Å²) in [4.78, 5) is 23.1. The summed E-state index contributed by atoms with van der Waals surface area (Å²) in [6.07, 6.45) is 12.5. The number of aryl methyl sites for hydroxylation is 1. The Balaban J connectivity index is 2.16. The first-order chi connectivity index (χ1) is 14.9. The van der Waals surface area contributed by atoms with Gasteiger partial charge in [0.05, 0.1) is 6.26 Å². The third-order valence-corrected chi connectivity index (χ3v) is 5.50. The molecular weight excluding hydrogens is 392 g/mol. The number of rotatable bonds is 7. The van der Waals surface area contributed by atoms with Crippen molar-refractivity contribution in [3.8, 4) is 0 Å². The number of ether oxygens (including phenoxy) is 2. The molecule has 1 aliphatic carbocycles. The van der Waals surface area contributed by atoms with Crippen LogP contribution in [0.15, 0.2) is 52.2 Å². The first-order valence-electron chi connectivity index (χ1n) is 11.2. The number of furan rings is 1. The minimum atomic E-state index is -0.300. The smallest absolute Gasteiger partial charge is 0.306 e. The van der Waals surface area contributed by atoms with E-state index in [1.54, 1.807) is 0 Å². The van der Waals surface area contributed by atoms with Crippen LogP contribution in [0.3, 0.4) is 0 Å². The molecule has 0 aromatic carbocycles. The van der Waals surface area contributed by atoms with Crippen LogP contribution in [0, 0.1) is 5.92 Å². The molecule has 1 aliphatic rings. The number of carbonyl (C=O) groups is 2. The van der Waals surface area contributed by atoms with E-state index in [1.165, 1.54) is 18.1 Å². The monoisotopic (exact) mass is 428 g/mol. The van der Waals surface area contributed by atoms with Crippen molar-refractivity contribution in [3.05, 3.63) is 59.1 Å². The van der Waals surface area contributed by atoms with Gasteiger partial charge in [-0.05, 0) is 74.1 Å². The topological polar surface area (TPSA) is 65.7 Å². The van der Waals surface area contributed by atoms with Crippen LogP contribution in [-0.2, 0) is 31.9 Å². The second-order valence-electron chi connectivity index (χ2n) is 8.37. The predicted octanol–water partition coefficient (Wildman–Crippen LogP) is 5.89. The molecule has 31 heavy (non-hydrogen) atoms. The van der Waals surface area contributed by atoms with Gasteiger partial charge in [0.25, 0.3) is 0 Å². The Labute approximate surface area is 186 Å². The molecule has 1 atom stereocenters. The van der Waals surface area contributed by atoms with Crippen LogP contribution in [0.2, 0.25) is 0 Å². The summed E-state index contributed by atoms with van der Waals surface area (Å²) in [5.74, 6) is 0.690. The molecule has 0 spiro atoms. The molecule has 0 fully saturated rings. The lowest BCUT2D eigenvalue weighted by Crippen LogP contribution is -2.13. The second-order valence-corrected chi connectivity index (χ2v) is 8.37. The minimum absolute atomic E-state index is 0.156. The largest absolute Gasteiger partial charge is 0.469 e. The highest BCUT2D eigenvalue weighted by molar-refractivity contribution is 5.69. The molecule has 0 saturated carbocycles. The van der Waals surface area contributed by atoms with Crippen molar-refractivity contribution in [2.75, 3.05) is 13.2 Å². The number of hydrogen-bond donors (Lipinski definition) is 0. The third kappa shape index (κ3) is 9.41. The van der Waals surface area contributed by atoms with Crippen LogP contribution >= 0.6 is 0 Å². The number of carbonyl (C=O) groups excluding carboxylic acids is 2. The Kier molecular flexibility index (Phi) is 10.3. The molecule has 1 aromatic heterocycles. The van der Waals surface area contributed by atoms with Crippen LogP contribution in [0.1, 0.15) is 70.6 Å². The van der Waals surface area contributed by atoms with Crippen LogP contribution in [0.25, 0.3) is 0 Å². The van der Waals surface area contributed by atoms with Gasteiger partial charge in [-0.25, -0.2) is 0 Å². The maximum atomic E-state index is 11.9. The highest BCUT2D eigenvalue weighted by Crippen LogP contribution is 2.26. The van der Waals surface area contributed by atoms with E-state index in [4.69, 9.17) is 13.9 Å². The average molecular weight is 429 g/mol. The molecule has 1 heterocycles. The number of hydrogen-bond acceptors (Lipinski definition) is 5. The summed E-state index contributed by atoms with van der Waals surface area (Å²) < 4.78 is 16.4. The molecule has 1 aromatic rings. The van der Waals surface area contributed by atoms with E-state index in [2.05, 4.69) is 31.7 Å². The highest BCUT2D eigenvalue weighted by Gasteiger charge is 2.16. The van der Waals surface area contributed by atoms with E-state index in [1.807, 2.05) is 13.2 Å². The zero-order valence-electron chi connectivity index (χ0n) is 19.2. The van der Waals surface area contributed by atoms with Gasteiger partial charge in [-0.3, -0.25) is 9.59 Å². The fraction of sp³-hybridized carbons (Fsp3) is 0.538. The SMILES string of the molecule is C=C(COC(C)=O)C1CC=C(C)Cc2cc(co2)CCC=C(COC(=O)CCC)CC1. The van der Waals surface area contributed by atoms with E-state index in [0.29, 0.717) is 13.0 Å². The molecule has 170 valence electrons. The number of esters is 2. The van der Waals surface area contributed by atoms with Crippen molar-refractivity contribution < 1.29 is 23.5 Å². The van der Waals surface area contributed by atoms with Crippen molar-refractivity contribution in [2.24, 2.45) is 5.92 Å². The minimum Gasteiger partial charge on any atom is -0.469 e. The predicted molar refractivity (Wildman–Crippen MR) is 122 cm³/mol. The van der Waals surface area contributed by atoms with Gasteiger partial charge in [-0.1, -0.05) is 31.2 Å². The van der Waals surface area contributed by atoms with Gasteiger partial charge in [0.2, 0.25) is 0 Å². The zero-order valence-corrected chi connectivity index (χ0v) is 19.2. The van der Waals surface area contributed by atoms with Crippen molar-refractivity contribution in [1.29, 1.82) is 0 Å². The van der Waals surface area contributed by atoms with Crippen LogP contribution in [0.5, 0.6) is 0 Å². The van der Waals surface area contributed by atoms with Gasteiger partial charge < -0.3 is 13.9 Å². The fourth-order valence-corrected chi connectivity index (χ4v) is 3.63. The molecule has 5 heteroatoms. The Hall–Kier alpha value is -2.56. The molecule has 2 bridgehead atoms. The quantitative estimate of drug-likeness (QED) is 0.400. The molecule has 0 amide bonds. The van der Waals surface area contributed by atoms with E-state index in [0.717, 1.165) is 61.9 Å². The highest BCUT2D eigenvalue weighted by atomic mass is 16.5. The zero-order chi connectivity index (χ0) is 22.6. The Morgan fingerprint density at radius 3 is 2.77 bits per heavy atom. The normalized spacial score (nSPS) is 17.7. The lowest BCUT2D eigenvalue weighted by molar-refractivity contribution is -0.143. The van der Waals surface area contributed by atoms with Gasteiger partial charge in [0.15, 0.2) is 0 Å². The first-order valence-corrected chi connectivity index (χ1v) is 11.2. The fourth-order valence-electron chi connectivity index (χ4n) is 3.63. The second kappa shape index (κ2) is 13.0. The van der Waals surface area contributed by atoms with Crippen LogP contribution < -0.4 is 0 Å². The summed E-state index contributed by atoms with van der Waals surface area (Å²) in [6, 6.07) is 2.12. The van der Waals surface area contributed by atoms with Crippen molar-refractivity contribution in [3.63, 3.8) is 0 Å². The van der Waals surface area contributed by atoms with Gasteiger partial charge in [-0.2, -0.15) is 0 Å². The van der Waals surface area contributed by atoms with E-state index in [9.17, 15) is 9.59 Å². The van der Waals surface area contributed by atoms with E-state index in [-0.39, 0.29) is 24.5 Å². The molecule has 0 saturated heterocycles. The Morgan fingerprint density at radius 2 is 2.03 bits per heavy atom.